The fraction of sp³-hybridized carbons (Fsp3) is 0.420. The summed E-state index contributed by atoms with van der Waals surface area (Å²) >= 11 is 0. The van der Waals surface area contributed by atoms with E-state index in [1.165, 1.54) is 52.0 Å². The number of nitrogens with one attached hydrogen (secondary N) is 1. The number of ketones is 1. The highest BCUT2D eigenvalue weighted by Crippen LogP contribution is 2.64. The first-order valence-electron chi connectivity index (χ1n) is 21.7. The molecule has 3 aromatic rings. The minimum absolute atomic E-state index is 0.0396. The molecule has 4 aliphatic rings. The molecule has 1 aliphatic heterocycles. The van der Waals surface area contributed by atoms with Crippen molar-refractivity contribution >= 4 is 41.7 Å². The number of carbonyl (C=O) groups is 7. The number of benzene rings is 3. The number of Topliss-reactive ketones (excluding diaryl/α,β-unsaturated/α-hetero) is 1. The second-order valence-corrected chi connectivity index (χ2v) is 18.0. The van der Waals surface area contributed by atoms with Crippen molar-refractivity contribution in [1.29, 1.82) is 0 Å². The van der Waals surface area contributed by atoms with E-state index in [1.807, 2.05) is 0 Å². The molecule has 2 unspecified atom stereocenters. The summed E-state index contributed by atoms with van der Waals surface area (Å²) in [5.74, 6) is -7.14. The highest BCUT2D eigenvalue weighted by molar-refractivity contribution is 5.96. The Morgan fingerprint density at radius 1 is 0.851 bits per heavy atom. The Balaban J connectivity index is 1.43. The molecule has 0 radical (unpaired) electrons. The Morgan fingerprint density at radius 3 is 2.00 bits per heavy atom. The number of hydrogen-bond donors (Lipinski definition) is 3. The van der Waals surface area contributed by atoms with Gasteiger partial charge in [-0.3, -0.25) is 19.2 Å². The van der Waals surface area contributed by atoms with Crippen molar-refractivity contribution < 1.29 is 76.9 Å². The molecule has 354 valence electrons. The van der Waals surface area contributed by atoms with Crippen LogP contribution in [0, 0.1) is 16.7 Å². The lowest BCUT2D eigenvalue weighted by Crippen LogP contribution is -2.82. The standard InChI is InChI=1S/C50H53NO16/c1-8-61-46(59)65-39(37(30-18-12-9-13-19-30)51-43(56)31-20-14-10-15-21-31)45(58)64-33-25-50(60)42(66-44(57)32-22-16-11-17-23-32)40-48(7,34(54)24-35-49(40,26-62-35)67-29(4)53)41(55)38(63-28(3)52)36(27(33)2)47(50,5)6/h8-23,33-35,37-40,42,54,60H,1,24-26H2,2-7H3,(H,51,56)/t33-,34-,35?,37-,38+,39+,40?,42-,48+,49-,50+/m0/s1. The number of aliphatic hydroxyl groups is 2. The molecule has 3 aliphatic carbocycles. The maximum atomic E-state index is 15.6. The van der Waals surface area contributed by atoms with Gasteiger partial charge >= 0.3 is 30.0 Å². The first-order chi connectivity index (χ1) is 31.7. The summed E-state index contributed by atoms with van der Waals surface area (Å²) in [5, 5.41) is 28.7. The summed E-state index contributed by atoms with van der Waals surface area (Å²) in [6.07, 6.45) is -11.5. The number of amides is 1. The molecule has 7 rings (SSSR count). The van der Waals surface area contributed by atoms with Crippen LogP contribution < -0.4 is 5.32 Å². The summed E-state index contributed by atoms with van der Waals surface area (Å²) in [7, 11) is 0. The summed E-state index contributed by atoms with van der Waals surface area (Å²) in [6.45, 7) is 11.2. The molecule has 2 bridgehead atoms. The van der Waals surface area contributed by atoms with E-state index in [1.54, 1.807) is 66.7 Å². The van der Waals surface area contributed by atoms with Crippen molar-refractivity contribution in [1.82, 2.24) is 5.32 Å². The van der Waals surface area contributed by atoms with Crippen molar-refractivity contribution in [3.8, 4) is 0 Å². The molecule has 0 spiro atoms. The quantitative estimate of drug-likeness (QED) is 0.0934. The van der Waals surface area contributed by atoms with E-state index in [4.69, 9.17) is 33.2 Å². The maximum absolute atomic E-state index is 15.6. The third-order valence-corrected chi connectivity index (χ3v) is 13.9. The molecule has 1 amide bonds. The Morgan fingerprint density at radius 2 is 1.45 bits per heavy atom. The molecular weight excluding hydrogens is 871 g/mol. The Labute approximate surface area is 386 Å². The van der Waals surface area contributed by atoms with Crippen LogP contribution >= 0.6 is 0 Å². The normalized spacial score (nSPS) is 30.1. The van der Waals surface area contributed by atoms with Crippen molar-refractivity contribution in [2.45, 2.75) is 108 Å². The lowest BCUT2D eigenvalue weighted by molar-refractivity contribution is -0.346. The Kier molecular flexibility index (Phi) is 13.3. The molecule has 17 heteroatoms. The summed E-state index contributed by atoms with van der Waals surface area (Å²) in [4.78, 5) is 98.0. The van der Waals surface area contributed by atoms with Gasteiger partial charge in [0.25, 0.3) is 5.91 Å². The number of fused-ring (bicyclic) bond motifs is 5. The van der Waals surface area contributed by atoms with Crippen LogP contribution in [0.1, 0.15) is 86.7 Å². The molecule has 3 fully saturated rings. The third-order valence-electron chi connectivity index (χ3n) is 13.9. The van der Waals surface area contributed by atoms with E-state index in [0.717, 1.165) is 20.1 Å². The Hall–Kier alpha value is -6.69. The highest BCUT2D eigenvalue weighted by atomic mass is 16.7. The van der Waals surface area contributed by atoms with Gasteiger partial charge in [-0.2, -0.15) is 0 Å². The van der Waals surface area contributed by atoms with E-state index < -0.39 is 119 Å². The van der Waals surface area contributed by atoms with E-state index >= 15 is 4.79 Å². The second-order valence-electron chi connectivity index (χ2n) is 18.0. The largest absolute Gasteiger partial charge is 0.514 e. The van der Waals surface area contributed by atoms with E-state index in [-0.39, 0.29) is 35.3 Å². The maximum Gasteiger partial charge on any atom is 0.514 e. The molecule has 11 atom stereocenters. The SMILES string of the molecule is C=COC(=O)O[C@@H](C(=O)O[C@H]1C[C@@]2(O)[C@@H](OC(=O)c3ccccc3)C3[C@]4(OC(C)=O)COC4C[C@H](O)[C@@]3(C)C(=O)[C@H](OC(C)=O)C(=C1C)C2(C)C)[C@@H](NC(=O)c1ccccc1)c1ccccc1. The zero-order chi connectivity index (χ0) is 48.6. The molecule has 2 saturated carbocycles. The highest BCUT2D eigenvalue weighted by Gasteiger charge is 2.78. The molecule has 1 saturated heterocycles. The van der Waals surface area contributed by atoms with Crippen LogP contribution in [-0.4, -0.2) is 106 Å². The number of rotatable bonds is 12. The fourth-order valence-corrected chi connectivity index (χ4v) is 10.5. The van der Waals surface area contributed by atoms with Gasteiger partial charge in [0.15, 0.2) is 17.5 Å². The molecule has 67 heavy (non-hydrogen) atoms. The predicted molar refractivity (Wildman–Crippen MR) is 233 cm³/mol. The van der Waals surface area contributed by atoms with Crippen LogP contribution in [0.5, 0.6) is 0 Å². The van der Waals surface area contributed by atoms with Crippen LogP contribution in [0.3, 0.4) is 0 Å². The minimum Gasteiger partial charge on any atom is -0.455 e. The first-order valence-corrected chi connectivity index (χ1v) is 21.7. The molecule has 3 aromatic carbocycles. The van der Waals surface area contributed by atoms with Crippen LogP contribution in [0.15, 0.2) is 115 Å². The van der Waals surface area contributed by atoms with Crippen LogP contribution in [0.2, 0.25) is 0 Å². The number of carbonyl (C=O) groups excluding carboxylic acids is 7. The van der Waals surface area contributed by atoms with E-state index in [2.05, 4.69) is 11.9 Å². The third kappa shape index (κ3) is 8.51. The van der Waals surface area contributed by atoms with Gasteiger partial charge < -0.3 is 48.7 Å². The summed E-state index contributed by atoms with van der Waals surface area (Å²) < 4.78 is 41.0. The van der Waals surface area contributed by atoms with Crippen molar-refractivity contribution in [3.05, 3.63) is 132 Å². The zero-order valence-corrected chi connectivity index (χ0v) is 37.8. The minimum atomic E-state index is -2.47. The predicted octanol–water partition coefficient (Wildman–Crippen LogP) is 5.04. The Bertz CT molecular complexity index is 2470. The smallest absolute Gasteiger partial charge is 0.455 e. The zero-order valence-electron chi connectivity index (χ0n) is 37.8. The van der Waals surface area contributed by atoms with Crippen LogP contribution in [0.25, 0.3) is 0 Å². The van der Waals surface area contributed by atoms with Crippen molar-refractivity contribution in [2.75, 3.05) is 6.61 Å². The average molecular weight is 924 g/mol. The van der Waals surface area contributed by atoms with E-state index in [0.29, 0.717) is 5.56 Å². The van der Waals surface area contributed by atoms with Crippen molar-refractivity contribution in [2.24, 2.45) is 16.7 Å². The van der Waals surface area contributed by atoms with Gasteiger partial charge in [-0.15, -0.1) is 0 Å². The molecular formula is C50H53NO16. The van der Waals surface area contributed by atoms with Crippen LogP contribution in [-0.2, 0) is 52.3 Å². The average Bonchev–Trinajstić information content (AvgIpc) is 3.29. The van der Waals surface area contributed by atoms with Crippen LogP contribution in [0.4, 0.5) is 4.79 Å². The van der Waals surface area contributed by atoms with Gasteiger partial charge in [0.05, 0.1) is 35.9 Å². The van der Waals surface area contributed by atoms with Gasteiger partial charge in [-0.25, -0.2) is 14.4 Å². The second kappa shape index (κ2) is 18.5. The van der Waals surface area contributed by atoms with E-state index in [9.17, 15) is 39.0 Å². The lowest BCUT2D eigenvalue weighted by atomic mass is 9.44. The number of aliphatic hydroxyl groups excluding tert-OH is 1. The molecule has 1 heterocycles. The first kappa shape index (κ1) is 48.2. The van der Waals surface area contributed by atoms with Gasteiger partial charge in [0.1, 0.15) is 30.0 Å². The monoisotopic (exact) mass is 923 g/mol. The fourth-order valence-electron chi connectivity index (χ4n) is 10.5. The number of esters is 4. The topological polar surface area (TPSA) is 237 Å². The van der Waals surface area contributed by atoms with Gasteiger partial charge in [0, 0.05) is 37.7 Å². The summed E-state index contributed by atoms with van der Waals surface area (Å²) in [5.41, 5.74) is -7.53. The molecule has 17 nitrogen and oxygen atoms in total. The van der Waals surface area contributed by atoms with Crippen molar-refractivity contribution in [3.63, 3.8) is 0 Å². The van der Waals surface area contributed by atoms with Gasteiger partial charge in [-0.1, -0.05) is 87.2 Å². The summed E-state index contributed by atoms with van der Waals surface area (Å²) in [6, 6.07) is 22.4. The number of ether oxygens (including phenoxy) is 7. The van der Waals surface area contributed by atoms with Gasteiger partial charge in [0.2, 0.25) is 6.10 Å². The molecule has 3 N–H and O–H groups in total. The van der Waals surface area contributed by atoms with Gasteiger partial charge in [-0.05, 0) is 54.8 Å². The molecule has 0 aromatic heterocycles. The number of hydrogen-bond acceptors (Lipinski definition) is 16. The lowest BCUT2D eigenvalue weighted by Gasteiger charge is -2.67.